The highest BCUT2D eigenvalue weighted by Crippen LogP contribution is 2.11. The summed E-state index contributed by atoms with van der Waals surface area (Å²) in [5.41, 5.74) is 10.8. The summed E-state index contributed by atoms with van der Waals surface area (Å²) in [6, 6.07) is 1.49. The van der Waals surface area contributed by atoms with Gasteiger partial charge >= 0.3 is 0 Å². The van der Waals surface area contributed by atoms with Gasteiger partial charge < -0.3 is 16.2 Å². The smallest absolute Gasteiger partial charge is 0.225 e. The van der Waals surface area contributed by atoms with Crippen LogP contribution in [-0.4, -0.2) is 16.6 Å². The second-order valence-corrected chi connectivity index (χ2v) is 2.29. The molecule has 0 unspecified atom stereocenters. The van der Waals surface area contributed by atoms with Crippen LogP contribution < -0.4 is 16.2 Å². The van der Waals surface area contributed by atoms with Gasteiger partial charge in [0.15, 0.2) is 0 Å². The first kappa shape index (κ1) is 9.13. The summed E-state index contributed by atoms with van der Waals surface area (Å²) < 4.78 is 5.15. The highest BCUT2D eigenvalue weighted by atomic mass is 16.5. The van der Waals surface area contributed by atoms with E-state index in [0.717, 1.165) is 0 Å². The van der Waals surface area contributed by atoms with Gasteiger partial charge in [-0.3, -0.25) is 0 Å². The second-order valence-electron chi connectivity index (χ2n) is 2.29. The molecule has 4 N–H and O–H groups in total. The maximum atomic E-state index is 5.41. The summed E-state index contributed by atoms with van der Waals surface area (Å²) in [6.07, 6.45) is 5.56. The van der Waals surface area contributed by atoms with Gasteiger partial charge in [0.1, 0.15) is 12.4 Å². The van der Waals surface area contributed by atoms with Gasteiger partial charge in [-0.05, 0) is 0 Å². The number of anilines is 2. The molecule has 5 nitrogen and oxygen atoms in total. The normalized spacial score (nSPS) is 9.15. The third-order valence-corrected chi connectivity index (χ3v) is 1.24. The van der Waals surface area contributed by atoms with Crippen LogP contribution in [0.4, 0.5) is 11.8 Å². The molecule has 0 spiro atoms. The summed E-state index contributed by atoms with van der Waals surface area (Å²) in [5, 5.41) is 0. The molecule has 68 valence electrons. The van der Waals surface area contributed by atoms with Crippen molar-refractivity contribution in [2.75, 3.05) is 18.1 Å². The van der Waals surface area contributed by atoms with E-state index in [1.807, 2.05) is 0 Å². The van der Waals surface area contributed by atoms with Gasteiger partial charge in [0.25, 0.3) is 0 Å². The van der Waals surface area contributed by atoms with Crippen molar-refractivity contribution in [3.8, 4) is 18.2 Å². The molecule has 0 aromatic carbocycles. The molecule has 0 saturated carbocycles. The van der Waals surface area contributed by atoms with Crippen LogP contribution in [0.2, 0.25) is 0 Å². The lowest BCUT2D eigenvalue weighted by molar-refractivity contribution is 0.315. The molecule has 0 bridgehead atoms. The molecule has 0 aliphatic rings. The van der Waals surface area contributed by atoms with Crippen LogP contribution in [0.25, 0.3) is 0 Å². The highest BCUT2D eigenvalue weighted by Gasteiger charge is 1.99. The molecular weight excluding hydrogens is 168 g/mol. The van der Waals surface area contributed by atoms with Gasteiger partial charge in [0.2, 0.25) is 11.8 Å². The van der Waals surface area contributed by atoms with E-state index in [1.54, 1.807) is 0 Å². The van der Waals surface area contributed by atoms with E-state index >= 15 is 0 Å². The van der Waals surface area contributed by atoms with E-state index < -0.39 is 0 Å². The van der Waals surface area contributed by atoms with E-state index in [-0.39, 0.29) is 11.8 Å². The lowest BCUT2D eigenvalue weighted by Gasteiger charge is -2.03. The van der Waals surface area contributed by atoms with E-state index in [2.05, 4.69) is 15.9 Å². The number of rotatable bonds is 3. The Balaban J connectivity index is 2.62. The summed E-state index contributed by atoms with van der Waals surface area (Å²) in [6.45, 7) is 0.395. The Morgan fingerprint density at radius 2 is 2.23 bits per heavy atom. The predicted octanol–water partition coefficient (Wildman–Crippen LogP) is 0.0431. The second kappa shape index (κ2) is 4.16. The summed E-state index contributed by atoms with van der Waals surface area (Å²) in [7, 11) is 0. The number of nitrogens with zero attached hydrogens (tertiary/aromatic N) is 2. The third-order valence-electron chi connectivity index (χ3n) is 1.24. The van der Waals surface area contributed by atoms with Crippen LogP contribution in [0, 0.1) is 12.3 Å². The lowest BCUT2D eigenvalue weighted by atomic mass is 10.5. The fourth-order valence-electron chi connectivity index (χ4n) is 0.750. The van der Waals surface area contributed by atoms with E-state index in [0.29, 0.717) is 18.9 Å². The molecule has 0 fully saturated rings. The maximum absolute atomic E-state index is 5.41. The van der Waals surface area contributed by atoms with E-state index in [9.17, 15) is 0 Å². The average molecular weight is 178 g/mol. The van der Waals surface area contributed by atoms with Crippen molar-refractivity contribution in [3.63, 3.8) is 0 Å². The van der Waals surface area contributed by atoms with Gasteiger partial charge in [-0.1, -0.05) is 0 Å². The molecule has 5 heteroatoms. The Bertz CT molecular complexity index is 311. The number of hydrogen-bond donors (Lipinski definition) is 2. The number of hydrogen-bond acceptors (Lipinski definition) is 5. The molecule has 0 saturated heterocycles. The van der Waals surface area contributed by atoms with Gasteiger partial charge in [0, 0.05) is 12.5 Å². The number of nitrogens with two attached hydrogens (primary N) is 2. The van der Waals surface area contributed by atoms with Crippen LogP contribution in [0.3, 0.4) is 0 Å². The van der Waals surface area contributed by atoms with Crippen molar-refractivity contribution in [1.29, 1.82) is 0 Å². The molecule has 13 heavy (non-hydrogen) atoms. The van der Waals surface area contributed by atoms with Crippen molar-refractivity contribution < 1.29 is 4.74 Å². The summed E-state index contributed by atoms with van der Waals surface area (Å²) in [4.78, 5) is 7.49. The van der Waals surface area contributed by atoms with Crippen molar-refractivity contribution in [2.24, 2.45) is 0 Å². The van der Waals surface area contributed by atoms with Crippen LogP contribution in [0.15, 0.2) is 6.07 Å². The minimum atomic E-state index is 0.0932. The molecular formula is C8H10N4O. The monoisotopic (exact) mass is 178 g/mol. The number of ether oxygens (including phenoxy) is 1. The van der Waals surface area contributed by atoms with Crippen molar-refractivity contribution in [2.45, 2.75) is 6.42 Å². The largest absolute Gasteiger partial charge is 0.476 e. The first-order valence-corrected chi connectivity index (χ1v) is 3.68. The van der Waals surface area contributed by atoms with Gasteiger partial charge in [-0.2, -0.15) is 9.97 Å². The molecule has 1 aromatic heterocycles. The summed E-state index contributed by atoms with van der Waals surface area (Å²) in [5.74, 6) is 3.16. The Morgan fingerprint density at radius 3 is 2.85 bits per heavy atom. The Morgan fingerprint density at radius 1 is 1.46 bits per heavy atom. The molecule has 1 rings (SSSR count). The van der Waals surface area contributed by atoms with Crippen LogP contribution in [0.5, 0.6) is 5.88 Å². The molecule has 0 amide bonds. The lowest BCUT2D eigenvalue weighted by Crippen LogP contribution is -2.03. The zero-order valence-electron chi connectivity index (χ0n) is 7.03. The number of terminal acetylenes is 1. The Hall–Kier alpha value is -1.96. The van der Waals surface area contributed by atoms with E-state index in [1.165, 1.54) is 6.07 Å². The fourth-order valence-corrected chi connectivity index (χ4v) is 0.750. The first-order valence-electron chi connectivity index (χ1n) is 3.68. The van der Waals surface area contributed by atoms with Crippen LogP contribution in [0.1, 0.15) is 6.42 Å². The zero-order chi connectivity index (χ0) is 9.68. The number of aromatic nitrogens is 2. The first-order chi connectivity index (χ1) is 6.22. The SMILES string of the molecule is C#CCCOc1cc(N)nc(N)n1. The van der Waals surface area contributed by atoms with Gasteiger partial charge in [0.05, 0.1) is 0 Å². The van der Waals surface area contributed by atoms with Crippen LogP contribution in [-0.2, 0) is 0 Å². The fraction of sp³-hybridized carbons (Fsp3) is 0.250. The molecule has 1 aromatic rings. The zero-order valence-corrected chi connectivity index (χ0v) is 7.03. The summed E-state index contributed by atoms with van der Waals surface area (Å²) >= 11 is 0. The van der Waals surface area contributed by atoms with E-state index in [4.69, 9.17) is 22.6 Å². The average Bonchev–Trinajstić information content (AvgIpc) is 2.03. The number of nitrogen functional groups attached to an aromatic ring is 2. The van der Waals surface area contributed by atoms with Gasteiger partial charge in [-0.25, -0.2) is 0 Å². The Labute approximate surface area is 76.1 Å². The molecule has 0 aliphatic carbocycles. The van der Waals surface area contributed by atoms with Gasteiger partial charge in [-0.15, -0.1) is 12.3 Å². The Kier molecular flexibility index (Phi) is 2.92. The van der Waals surface area contributed by atoms with Crippen molar-refractivity contribution in [3.05, 3.63) is 6.07 Å². The van der Waals surface area contributed by atoms with Crippen molar-refractivity contribution >= 4 is 11.8 Å². The molecule has 0 radical (unpaired) electrons. The molecule has 0 atom stereocenters. The standard InChI is InChI=1S/C8H10N4O/c1-2-3-4-13-7-5-6(9)11-8(10)12-7/h1,5H,3-4H2,(H4,9,10,11,12). The minimum Gasteiger partial charge on any atom is -0.476 e. The quantitative estimate of drug-likeness (QED) is 0.504. The van der Waals surface area contributed by atoms with Crippen LogP contribution >= 0.6 is 0 Å². The highest BCUT2D eigenvalue weighted by molar-refractivity contribution is 5.38. The molecule has 0 aliphatic heterocycles. The topological polar surface area (TPSA) is 87.0 Å². The third kappa shape index (κ3) is 2.87. The van der Waals surface area contributed by atoms with Crippen molar-refractivity contribution in [1.82, 2.24) is 9.97 Å². The maximum Gasteiger partial charge on any atom is 0.225 e. The molecule has 1 heterocycles. The predicted molar refractivity (Wildman–Crippen MR) is 49.8 cm³/mol. The minimum absolute atomic E-state index is 0.0932.